The quantitative estimate of drug-likeness (QED) is 0.812. The van der Waals surface area contributed by atoms with E-state index in [1.807, 2.05) is 19.1 Å². The summed E-state index contributed by atoms with van der Waals surface area (Å²) in [5.74, 6) is 1.02. The Balaban J connectivity index is 2.14. The molecular weight excluding hydrogens is 365 g/mol. The fraction of sp³-hybridized carbons (Fsp3) is 0.400. The molecule has 0 atom stereocenters. The van der Waals surface area contributed by atoms with Gasteiger partial charge in [-0.05, 0) is 54.0 Å². The van der Waals surface area contributed by atoms with Gasteiger partial charge in [-0.3, -0.25) is 9.78 Å². The van der Waals surface area contributed by atoms with Crippen molar-refractivity contribution >= 4 is 22.6 Å². The number of hydrogen-bond donors (Lipinski definition) is 1. The molecule has 1 saturated carbocycles. The van der Waals surface area contributed by atoms with E-state index in [4.69, 9.17) is 4.98 Å². The van der Waals surface area contributed by atoms with Crippen LogP contribution in [0, 0.1) is 10.5 Å². The van der Waals surface area contributed by atoms with Crippen LogP contribution >= 0.6 is 22.6 Å². The summed E-state index contributed by atoms with van der Waals surface area (Å²) in [6.45, 7) is 1.98. The van der Waals surface area contributed by atoms with Crippen molar-refractivity contribution in [3.63, 3.8) is 0 Å². The van der Waals surface area contributed by atoms with Gasteiger partial charge >= 0.3 is 0 Å². The molecule has 0 amide bonds. The van der Waals surface area contributed by atoms with E-state index < -0.39 is 0 Å². The van der Waals surface area contributed by atoms with Crippen molar-refractivity contribution in [1.29, 1.82) is 0 Å². The smallest absolute Gasteiger partial charge is 0.264 e. The summed E-state index contributed by atoms with van der Waals surface area (Å²) in [6.07, 6.45) is 6.45. The third kappa shape index (κ3) is 2.51. The zero-order chi connectivity index (χ0) is 14.1. The Hall–Kier alpha value is -1.24. The number of aromatic nitrogens is 3. The molecule has 2 aromatic heterocycles. The van der Waals surface area contributed by atoms with Gasteiger partial charge in [-0.15, -0.1) is 0 Å². The third-order valence-electron chi connectivity index (χ3n) is 3.86. The highest BCUT2D eigenvalue weighted by molar-refractivity contribution is 14.1. The Morgan fingerprint density at radius 3 is 2.80 bits per heavy atom. The highest BCUT2D eigenvalue weighted by Gasteiger charge is 2.23. The maximum Gasteiger partial charge on any atom is 0.264 e. The first kappa shape index (κ1) is 13.7. The van der Waals surface area contributed by atoms with Crippen molar-refractivity contribution < 1.29 is 0 Å². The lowest BCUT2D eigenvalue weighted by Crippen LogP contribution is -2.18. The van der Waals surface area contributed by atoms with Gasteiger partial charge in [0.05, 0.1) is 5.69 Å². The lowest BCUT2D eigenvalue weighted by atomic mass is 10.0. The van der Waals surface area contributed by atoms with Crippen LogP contribution in [0.3, 0.4) is 0 Å². The number of nitrogens with zero attached hydrogens (tertiary/aromatic N) is 2. The van der Waals surface area contributed by atoms with Gasteiger partial charge in [0.2, 0.25) is 0 Å². The monoisotopic (exact) mass is 381 g/mol. The average Bonchev–Trinajstić information content (AvgIpc) is 2.96. The molecule has 2 heterocycles. The molecule has 1 aliphatic rings. The minimum Gasteiger partial charge on any atom is -0.304 e. The molecule has 104 valence electrons. The number of H-pyrrole nitrogens is 1. The molecule has 3 rings (SSSR count). The van der Waals surface area contributed by atoms with Crippen molar-refractivity contribution in [2.24, 2.45) is 0 Å². The second-order valence-corrected chi connectivity index (χ2v) is 6.34. The van der Waals surface area contributed by atoms with Gasteiger partial charge in [0.15, 0.2) is 5.82 Å². The largest absolute Gasteiger partial charge is 0.304 e. The summed E-state index contributed by atoms with van der Waals surface area (Å²) < 4.78 is 0.729. The van der Waals surface area contributed by atoms with Gasteiger partial charge in [0, 0.05) is 12.1 Å². The molecule has 0 bridgehead atoms. The van der Waals surface area contributed by atoms with Crippen LogP contribution in [0.5, 0.6) is 0 Å². The highest BCUT2D eigenvalue weighted by atomic mass is 127. The number of hydrogen-bond acceptors (Lipinski definition) is 3. The molecular formula is C15H16IN3O. The van der Waals surface area contributed by atoms with Crippen molar-refractivity contribution in [3.8, 4) is 11.5 Å². The van der Waals surface area contributed by atoms with Gasteiger partial charge in [-0.1, -0.05) is 18.9 Å². The summed E-state index contributed by atoms with van der Waals surface area (Å²) >= 11 is 2.11. The second-order valence-electron chi connectivity index (χ2n) is 5.26. The number of nitrogens with one attached hydrogen (secondary N) is 1. The highest BCUT2D eigenvalue weighted by Crippen LogP contribution is 2.34. The van der Waals surface area contributed by atoms with Gasteiger partial charge < -0.3 is 4.98 Å². The zero-order valence-corrected chi connectivity index (χ0v) is 13.5. The minimum absolute atomic E-state index is 0.0532. The van der Waals surface area contributed by atoms with Crippen LogP contribution in [0.2, 0.25) is 0 Å². The molecule has 1 aliphatic carbocycles. The predicted molar refractivity (Wildman–Crippen MR) is 86.8 cm³/mol. The second kappa shape index (κ2) is 5.63. The third-order valence-corrected chi connectivity index (χ3v) is 4.91. The summed E-state index contributed by atoms with van der Waals surface area (Å²) in [5, 5.41) is 0. The van der Waals surface area contributed by atoms with Crippen LogP contribution in [-0.4, -0.2) is 15.0 Å². The summed E-state index contributed by atoms with van der Waals surface area (Å²) in [7, 11) is 0. The van der Waals surface area contributed by atoms with Crippen molar-refractivity contribution in [3.05, 3.63) is 43.5 Å². The van der Waals surface area contributed by atoms with E-state index >= 15 is 0 Å². The van der Waals surface area contributed by atoms with E-state index in [9.17, 15) is 4.79 Å². The van der Waals surface area contributed by atoms with E-state index in [1.54, 1.807) is 6.20 Å². The topological polar surface area (TPSA) is 58.6 Å². The maximum atomic E-state index is 12.2. The van der Waals surface area contributed by atoms with Crippen LogP contribution in [0.4, 0.5) is 0 Å². The van der Waals surface area contributed by atoms with E-state index in [0.717, 1.165) is 33.4 Å². The number of aromatic amines is 1. The number of aryl methyl sites for hydroxylation is 1. The first-order chi connectivity index (χ1) is 9.66. The van der Waals surface area contributed by atoms with Gasteiger partial charge in [0.25, 0.3) is 5.56 Å². The first-order valence-electron chi connectivity index (χ1n) is 6.88. The minimum atomic E-state index is -0.0532. The standard InChI is InChI=1S/C15H16IN3O/c1-9-5-4-8-17-12(9)14-18-13(10-6-2-3-7-10)11(16)15(20)19-14/h4-5,8,10H,2-3,6-7H2,1H3,(H,18,19,20). The van der Waals surface area contributed by atoms with Crippen molar-refractivity contribution in [1.82, 2.24) is 15.0 Å². The zero-order valence-electron chi connectivity index (χ0n) is 11.3. The average molecular weight is 381 g/mol. The fourth-order valence-electron chi connectivity index (χ4n) is 2.79. The van der Waals surface area contributed by atoms with Crippen LogP contribution < -0.4 is 5.56 Å². The maximum absolute atomic E-state index is 12.2. The van der Waals surface area contributed by atoms with E-state index in [1.165, 1.54) is 12.8 Å². The molecule has 0 spiro atoms. The summed E-state index contributed by atoms with van der Waals surface area (Å²) in [4.78, 5) is 24.1. The van der Waals surface area contributed by atoms with Crippen LogP contribution in [0.15, 0.2) is 23.1 Å². The molecule has 2 aromatic rings. The molecule has 5 heteroatoms. The van der Waals surface area contributed by atoms with Crippen LogP contribution in [0.25, 0.3) is 11.5 Å². The van der Waals surface area contributed by atoms with E-state index in [2.05, 4.69) is 32.6 Å². The SMILES string of the molecule is Cc1cccnc1-c1nc(C2CCCC2)c(I)c(=O)[nH]1. The normalized spacial score (nSPS) is 15.7. The van der Waals surface area contributed by atoms with Crippen LogP contribution in [-0.2, 0) is 0 Å². The predicted octanol–water partition coefficient (Wildman–Crippen LogP) is 3.40. The lowest BCUT2D eigenvalue weighted by Gasteiger charge is -2.12. The Bertz CT molecular complexity index is 690. The Morgan fingerprint density at radius 2 is 2.10 bits per heavy atom. The first-order valence-corrected chi connectivity index (χ1v) is 7.96. The molecule has 1 N–H and O–H groups in total. The van der Waals surface area contributed by atoms with Crippen LogP contribution in [0.1, 0.15) is 42.9 Å². The Labute approximate surface area is 131 Å². The van der Waals surface area contributed by atoms with E-state index in [-0.39, 0.29) is 5.56 Å². The Morgan fingerprint density at radius 1 is 1.35 bits per heavy atom. The number of pyridine rings is 1. The molecule has 20 heavy (non-hydrogen) atoms. The molecule has 0 aliphatic heterocycles. The van der Waals surface area contributed by atoms with Crippen molar-refractivity contribution in [2.45, 2.75) is 38.5 Å². The van der Waals surface area contributed by atoms with E-state index in [0.29, 0.717) is 11.7 Å². The Kier molecular flexibility index (Phi) is 3.87. The summed E-state index contributed by atoms with van der Waals surface area (Å²) in [5.41, 5.74) is 2.68. The molecule has 0 unspecified atom stereocenters. The van der Waals surface area contributed by atoms with Crippen molar-refractivity contribution in [2.75, 3.05) is 0 Å². The van der Waals surface area contributed by atoms with Gasteiger partial charge in [-0.2, -0.15) is 0 Å². The summed E-state index contributed by atoms with van der Waals surface area (Å²) in [6, 6.07) is 3.87. The number of rotatable bonds is 2. The van der Waals surface area contributed by atoms with Gasteiger partial charge in [0.1, 0.15) is 9.26 Å². The molecule has 1 fully saturated rings. The lowest BCUT2D eigenvalue weighted by molar-refractivity contribution is 0.687. The fourth-order valence-corrected chi connectivity index (χ4v) is 3.49. The van der Waals surface area contributed by atoms with Gasteiger partial charge in [-0.25, -0.2) is 4.98 Å². The number of halogens is 1. The molecule has 0 aromatic carbocycles. The molecule has 4 nitrogen and oxygen atoms in total. The molecule has 0 saturated heterocycles. The molecule has 0 radical (unpaired) electrons.